The molecule has 0 aliphatic carbocycles. The average molecular weight is 376 g/mol. The molecule has 3 rings (SSSR count). The van der Waals surface area contributed by atoms with Crippen molar-refractivity contribution in [1.82, 2.24) is 4.57 Å². The van der Waals surface area contributed by atoms with Crippen LogP contribution >= 0.6 is 12.6 Å². The zero-order valence-electron chi connectivity index (χ0n) is 14.3. The summed E-state index contributed by atoms with van der Waals surface area (Å²) in [5.41, 5.74) is 2.77. The lowest BCUT2D eigenvalue weighted by Gasteiger charge is -2.14. The summed E-state index contributed by atoms with van der Waals surface area (Å²) in [6, 6.07) is 9.03. The highest BCUT2D eigenvalue weighted by Crippen LogP contribution is 2.27. The lowest BCUT2D eigenvalue weighted by atomic mass is 10.2. The minimum atomic E-state index is -0.767. The molecule has 0 N–H and O–H groups in total. The van der Waals surface area contributed by atoms with Crippen molar-refractivity contribution in [3.63, 3.8) is 0 Å². The summed E-state index contributed by atoms with van der Waals surface area (Å²) < 4.78 is 19.5. The molecule has 1 saturated heterocycles. The van der Waals surface area contributed by atoms with Crippen LogP contribution in [0.4, 0.5) is 0 Å². The van der Waals surface area contributed by atoms with Crippen molar-refractivity contribution >= 4 is 35.7 Å². The molecule has 1 aromatic heterocycles. The molecule has 25 heavy (non-hydrogen) atoms. The van der Waals surface area contributed by atoms with Crippen molar-refractivity contribution in [2.45, 2.75) is 31.3 Å². The van der Waals surface area contributed by atoms with Gasteiger partial charge in [-0.1, -0.05) is 6.07 Å². The van der Waals surface area contributed by atoms with Crippen molar-refractivity contribution in [3.8, 4) is 5.75 Å². The normalized spacial score (nSPS) is 20.3. The van der Waals surface area contributed by atoms with E-state index in [9.17, 15) is 9.00 Å². The molecule has 132 valence electrons. The van der Waals surface area contributed by atoms with Crippen LogP contribution in [0.2, 0.25) is 0 Å². The Balaban J connectivity index is 1.82. The van der Waals surface area contributed by atoms with Gasteiger partial charge in [-0.2, -0.15) is 0 Å². The van der Waals surface area contributed by atoms with E-state index in [4.69, 9.17) is 4.74 Å². The van der Waals surface area contributed by atoms with Crippen LogP contribution < -0.4 is 10.2 Å². The molecular formula is C19H21NO3S2. The van der Waals surface area contributed by atoms with Gasteiger partial charge in [-0.25, -0.2) is 0 Å². The smallest absolute Gasteiger partial charge is 0.182 e. The third kappa shape index (κ3) is 4.44. The van der Waals surface area contributed by atoms with Gasteiger partial charge in [0.25, 0.3) is 0 Å². The molecule has 2 atom stereocenters. The summed E-state index contributed by atoms with van der Waals surface area (Å²) in [7, 11) is -0.767. The van der Waals surface area contributed by atoms with Gasteiger partial charge in [0.15, 0.2) is 5.43 Å². The summed E-state index contributed by atoms with van der Waals surface area (Å²) in [5.74, 6) is 2.00. The third-order valence-corrected chi connectivity index (χ3v) is 6.00. The van der Waals surface area contributed by atoms with Crippen LogP contribution in [0.25, 0.3) is 12.3 Å². The van der Waals surface area contributed by atoms with Crippen LogP contribution in [0.3, 0.4) is 0 Å². The van der Waals surface area contributed by atoms with E-state index in [2.05, 4.69) is 12.6 Å². The Labute approximate surface area is 155 Å². The number of hydrogen-bond acceptors (Lipinski definition) is 4. The molecule has 1 fully saturated rings. The Hall–Kier alpha value is -1.79. The molecule has 1 aliphatic rings. The van der Waals surface area contributed by atoms with Crippen molar-refractivity contribution in [3.05, 3.63) is 57.5 Å². The van der Waals surface area contributed by atoms with Gasteiger partial charge in [0.2, 0.25) is 0 Å². The number of nitrogens with zero attached hydrogens (tertiary/aromatic N) is 1. The number of pyridine rings is 1. The molecule has 4 nitrogen and oxygen atoms in total. The summed E-state index contributed by atoms with van der Waals surface area (Å²) in [6.45, 7) is 3.81. The molecule has 6 heteroatoms. The highest BCUT2D eigenvalue weighted by atomic mass is 32.2. The first-order valence-corrected chi connectivity index (χ1v) is 10.1. The number of aryl methyl sites for hydroxylation is 2. The molecule has 2 heterocycles. The summed E-state index contributed by atoms with van der Waals surface area (Å²) in [5, 5.41) is 0. The number of rotatable bonds is 4. The summed E-state index contributed by atoms with van der Waals surface area (Å²) in [6.07, 6.45) is 4.72. The topological polar surface area (TPSA) is 48.3 Å². The van der Waals surface area contributed by atoms with E-state index in [-0.39, 0.29) is 11.5 Å². The molecule has 1 aromatic carbocycles. The molecule has 2 unspecified atom stereocenters. The van der Waals surface area contributed by atoms with E-state index in [0.29, 0.717) is 17.3 Å². The van der Waals surface area contributed by atoms with Crippen molar-refractivity contribution in [2.75, 3.05) is 11.5 Å². The molecule has 0 radical (unpaired) electrons. The molecule has 0 bridgehead atoms. The predicted molar refractivity (Wildman–Crippen MR) is 106 cm³/mol. The Bertz CT molecular complexity index is 876. The lowest BCUT2D eigenvalue weighted by Crippen LogP contribution is -2.16. The van der Waals surface area contributed by atoms with Crippen molar-refractivity contribution < 1.29 is 8.95 Å². The standard InChI is InChI=1S/C19H21NO3S2/c1-13-9-16(21)10-14(2)20(13)7-5-15-3-4-19(24)18(11-15)23-17-6-8-25(22)12-17/h3-5,7,9-11,17,24H,6,8,12H2,1-2H3/b7-5+. The monoisotopic (exact) mass is 375 g/mol. The molecule has 0 amide bonds. The van der Waals surface area contributed by atoms with Gasteiger partial charge in [-0.15, -0.1) is 12.6 Å². The molecule has 0 spiro atoms. The van der Waals surface area contributed by atoms with Gasteiger partial charge in [-0.05, 0) is 44.0 Å². The van der Waals surface area contributed by atoms with Gasteiger partial charge < -0.3 is 9.30 Å². The summed E-state index contributed by atoms with van der Waals surface area (Å²) >= 11 is 4.46. The fourth-order valence-electron chi connectivity index (χ4n) is 2.90. The number of aromatic nitrogens is 1. The van der Waals surface area contributed by atoms with Gasteiger partial charge in [-0.3, -0.25) is 9.00 Å². The van der Waals surface area contributed by atoms with E-state index in [0.717, 1.165) is 28.3 Å². The Morgan fingerprint density at radius 3 is 2.60 bits per heavy atom. The van der Waals surface area contributed by atoms with Gasteiger partial charge in [0.1, 0.15) is 11.9 Å². The zero-order chi connectivity index (χ0) is 18.0. The lowest BCUT2D eigenvalue weighted by molar-refractivity contribution is 0.224. The van der Waals surface area contributed by atoms with E-state index >= 15 is 0 Å². The SMILES string of the molecule is Cc1cc(=O)cc(C)n1/C=C/c1ccc(S)c(OC2CCS(=O)C2)c1. The van der Waals surface area contributed by atoms with E-state index < -0.39 is 10.8 Å². The van der Waals surface area contributed by atoms with E-state index in [1.165, 1.54) is 0 Å². The van der Waals surface area contributed by atoms with Crippen LogP contribution in [-0.2, 0) is 10.8 Å². The molecule has 2 aromatic rings. The Morgan fingerprint density at radius 1 is 1.24 bits per heavy atom. The minimum Gasteiger partial charge on any atom is -0.488 e. The largest absolute Gasteiger partial charge is 0.488 e. The first-order chi connectivity index (χ1) is 11.9. The van der Waals surface area contributed by atoms with Crippen LogP contribution in [0.15, 0.2) is 40.0 Å². The second-order valence-corrected chi connectivity index (χ2v) is 8.33. The first-order valence-electron chi connectivity index (χ1n) is 8.15. The maximum absolute atomic E-state index is 11.5. The highest BCUT2D eigenvalue weighted by Gasteiger charge is 2.23. The van der Waals surface area contributed by atoms with Gasteiger partial charge in [0, 0.05) is 51.2 Å². The minimum absolute atomic E-state index is 0.00516. The molecule has 1 aliphatic heterocycles. The number of thiol groups is 1. The van der Waals surface area contributed by atoms with Gasteiger partial charge in [0.05, 0.1) is 5.75 Å². The number of benzene rings is 1. The van der Waals surface area contributed by atoms with Crippen LogP contribution in [-0.4, -0.2) is 26.4 Å². The fraction of sp³-hybridized carbons (Fsp3) is 0.316. The second kappa shape index (κ2) is 7.62. The van der Waals surface area contributed by atoms with Crippen LogP contribution in [0, 0.1) is 13.8 Å². The number of ether oxygens (including phenoxy) is 1. The van der Waals surface area contributed by atoms with Crippen molar-refractivity contribution in [2.24, 2.45) is 0 Å². The van der Waals surface area contributed by atoms with Crippen LogP contribution in [0.1, 0.15) is 23.4 Å². The highest BCUT2D eigenvalue weighted by molar-refractivity contribution is 7.85. The maximum atomic E-state index is 11.5. The Kier molecular flexibility index (Phi) is 5.49. The van der Waals surface area contributed by atoms with Crippen LogP contribution in [0.5, 0.6) is 5.75 Å². The fourth-order valence-corrected chi connectivity index (χ4v) is 4.44. The van der Waals surface area contributed by atoms with Gasteiger partial charge >= 0.3 is 0 Å². The second-order valence-electron chi connectivity index (χ2n) is 6.23. The first kappa shape index (κ1) is 18.0. The average Bonchev–Trinajstić information content (AvgIpc) is 2.94. The quantitative estimate of drug-likeness (QED) is 0.835. The van der Waals surface area contributed by atoms with Crippen molar-refractivity contribution in [1.29, 1.82) is 0 Å². The molecule has 0 saturated carbocycles. The van der Waals surface area contributed by atoms with E-state index in [1.807, 2.05) is 48.9 Å². The molecular weight excluding hydrogens is 354 g/mol. The zero-order valence-corrected chi connectivity index (χ0v) is 16.0. The third-order valence-electron chi connectivity index (χ3n) is 4.20. The van der Waals surface area contributed by atoms with E-state index in [1.54, 1.807) is 12.1 Å². The predicted octanol–water partition coefficient (Wildman–Crippen LogP) is 3.28. The Morgan fingerprint density at radius 2 is 1.96 bits per heavy atom. The summed E-state index contributed by atoms with van der Waals surface area (Å²) in [4.78, 5) is 12.3. The number of hydrogen-bond donors (Lipinski definition) is 1. The maximum Gasteiger partial charge on any atom is 0.182 e.